The molecule has 5 heteroatoms. The Bertz CT molecular complexity index is 480. The van der Waals surface area contributed by atoms with E-state index < -0.39 is 0 Å². The minimum atomic E-state index is -0.0938. The molecule has 1 rings (SSSR count). The lowest BCUT2D eigenvalue weighted by molar-refractivity contribution is -0.130. The van der Waals surface area contributed by atoms with Crippen LogP contribution >= 0.6 is 0 Å². The molecule has 0 spiro atoms. The number of ether oxygens (including phenoxy) is 1. The van der Waals surface area contributed by atoms with Gasteiger partial charge in [0.25, 0.3) is 0 Å². The zero-order valence-electron chi connectivity index (χ0n) is 13.2. The highest BCUT2D eigenvalue weighted by molar-refractivity contribution is 5.91. The van der Waals surface area contributed by atoms with Gasteiger partial charge in [0.1, 0.15) is 0 Å². The standard InChI is InChI=1S/C16H24N2O3/c1-12-9-13(2)11-15(10-12)17-16(20)5-6-18(14(3)19)7-8-21-4/h9-11H,5-8H2,1-4H3,(H,17,20). The van der Waals surface area contributed by atoms with Gasteiger partial charge in [0, 0.05) is 39.2 Å². The second-order valence-electron chi connectivity index (χ2n) is 5.17. The zero-order valence-corrected chi connectivity index (χ0v) is 13.2. The van der Waals surface area contributed by atoms with E-state index >= 15 is 0 Å². The molecule has 0 aliphatic heterocycles. The molecule has 116 valence electrons. The molecule has 1 aromatic rings. The van der Waals surface area contributed by atoms with Gasteiger partial charge >= 0.3 is 0 Å². The molecule has 1 aromatic carbocycles. The van der Waals surface area contributed by atoms with Crippen LogP contribution < -0.4 is 5.32 Å². The van der Waals surface area contributed by atoms with Gasteiger partial charge in [-0.3, -0.25) is 9.59 Å². The number of carbonyl (C=O) groups is 2. The third-order valence-corrected chi connectivity index (χ3v) is 3.12. The molecule has 0 saturated carbocycles. The monoisotopic (exact) mass is 292 g/mol. The maximum Gasteiger partial charge on any atom is 0.226 e. The quantitative estimate of drug-likeness (QED) is 0.837. The van der Waals surface area contributed by atoms with E-state index in [4.69, 9.17) is 4.74 Å². The topological polar surface area (TPSA) is 58.6 Å². The summed E-state index contributed by atoms with van der Waals surface area (Å²) in [5, 5.41) is 2.87. The highest BCUT2D eigenvalue weighted by Gasteiger charge is 2.11. The van der Waals surface area contributed by atoms with Crippen molar-refractivity contribution in [2.24, 2.45) is 0 Å². The largest absolute Gasteiger partial charge is 0.383 e. The predicted octanol–water partition coefficient (Wildman–Crippen LogP) is 2.13. The Morgan fingerprint density at radius 3 is 2.29 bits per heavy atom. The number of carbonyl (C=O) groups excluding carboxylic acids is 2. The first-order chi connectivity index (χ1) is 9.92. The van der Waals surface area contributed by atoms with Gasteiger partial charge in [0.05, 0.1) is 6.61 Å². The summed E-state index contributed by atoms with van der Waals surface area (Å²) in [5.74, 6) is -0.144. The van der Waals surface area contributed by atoms with E-state index in [2.05, 4.69) is 11.4 Å². The van der Waals surface area contributed by atoms with Crippen LogP contribution in [-0.4, -0.2) is 43.5 Å². The van der Waals surface area contributed by atoms with Crippen molar-refractivity contribution in [2.75, 3.05) is 32.1 Å². The van der Waals surface area contributed by atoms with Crippen molar-refractivity contribution in [2.45, 2.75) is 27.2 Å². The van der Waals surface area contributed by atoms with Gasteiger partial charge < -0.3 is 15.0 Å². The van der Waals surface area contributed by atoms with Crippen molar-refractivity contribution >= 4 is 17.5 Å². The van der Waals surface area contributed by atoms with Crippen molar-refractivity contribution in [3.63, 3.8) is 0 Å². The average Bonchev–Trinajstić information content (AvgIpc) is 2.36. The fourth-order valence-corrected chi connectivity index (χ4v) is 2.14. The maximum atomic E-state index is 12.0. The molecule has 0 atom stereocenters. The second-order valence-corrected chi connectivity index (χ2v) is 5.17. The van der Waals surface area contributed by atoms with Gasteiger partial charge in [-0.25, -0.2) is 0 Å². The smallest absolute Gasteiger partial charge is 0.226 e. The highest BCUT2D eigenvalue weighted by atomic mass is 16.5. The number of hydrogen-bond acceptors (Lipinski definition) is 3. The Labute approximate surface area is 126 Å². The normalized spacial score (nSPS) is 10.3. The summed E-state index contributed by atoms with van der Waals surface area (Å²) in [6, 6.07) is 5.91. The number of methoxy groups -OCH3 is 1. The van der Waals surface area contributed by atoms with Crippen LogP contribution in [0.5, 0.6) is 0 Å². The van der Waals surface area contributed by atoms with Crippen molar-refractivity contribution in [1.82, 2.24) is 4.90 Å². The minimum absolute atomic E-state index is 0.0498. The summed E-state index contributed by atoms with van der Waals surface area (Å²) in [6.45, 7) is 6.85. The van der Waals surface area contributed by atoms with E-state index in [-0.39, 0.29) is 18.2 Å². The van der Waals surface area contributed by atoms with Crippen molar-refractivity contribution in [3.05, 3.63) is 29.3 Å². The molecular formula is C16H24N2O3. The van der Waals surface area contributed by atoms with E-state index in [9.17, 15) is 9.59 Å². The molecule has 5 nitrogen and oxygen atoms in total. The lowest BCUT2D eigenvalue weighted by Crippen LogP contribution is -2.34. The van der Waals surface area contributed by atoms with Crippen LogP contribution in [0.25, 0.3) is 0 Å². The molecule has 21 heavy (non-hydrogen) atoms. The van der Waals surface area contributed by atoms with E-state index in [1.165, 1.54) is 6.92 Å². The first-order valence-electron chi connectivity index (χ1n) is 7.05. The molecule has 0 bridgehead atoms. The van der Waals surface area contributed by atoms with Crippen LogP contribution in [0.4, 0.5) is 5.69 Å². The third-order valence-electron chi connectivity index (χ3n) is 3.12. The van der Waals surface area contributed by atoms with E-state index in [0.717, 1.165) is 16.8 Å². The summed E-state index contributed by atoms with van der Waals surface area (Å²) in [7, 11) is 1.59. The number of benzene rings is 1. The van der Waals surface area contributed by atoms with E-state index in [1.807, 2.05) is 26.0 Å². The fourth-order valence-electron chi connectivity index (χ4n) is 2.14. The summed E-state index contributed by atoms with van der Waals surface area (Å²) in [4.78, 5) is 25.0. The molecule has 0 unspecified atom stereocenters. The van der Waals surface area contributed by atoms with Crippen LogP contribution in [0, 0.1) is 13.8 Å². The van der Waals surface area contributed by atoms with Gasteiger partial charge in [-0.2, -0.15) is 0 Å². The molecule has 1 N–H and O–H groups in total. The SMILES string of the molecule is COCCN(CCC(=O)Nc1cc(C)cc(C)c1)C(C)=O. The number of hydrogen-bond donors (Lipinski definition) is 1. The number of nitrogens with one attached hydrogen (secondary N) is 1. The van der Waals surface area contributed by atoms with Crippen LogP contribution in [0.2, 0.25) is 0 Å². The van der Waals surface area contributed by atoms with Gasteiger partial charge in [-0.15, -0.1) is 0 Å². The number of nitrogens with zero attached hydrogens (tertiary/aromatic N) is 1. The summed E-state index contributed by atoms with van der Waals surface area (Å²) in [6.07, 6.45) is 0.274. The Hall–Kier alpha value is -1.88. The molecule has 0 saturated heterocycles. The molecule has 0 radical (unpaired) electrons. The number of anilines is 1. The van der Waals surface area contributed by atoms with Gasteiger partial charge in [0.15, 0.2) is 0 Å². The average molecular weight is 292 g/mol. The first-order valence-corrected chi connectivity index (χ1v) is 7.05. The van der Waals surface area contributed by atoms with Crippen LogP contribution in [-0.2, 0) is 14.3 Å². The predicted molar refractivity (Wildman–Crippen MR) is 83.3 cm³/mol. The highest BCUT2D eigenvalue weighted by Crippen LogP contribution is 2.14. The van der Waals surface area contributed by atoms with Crippen molar-refractivity contribution in [1.29, 1.82) is 0 Å². The molecule has 2 amide bonds. The van der Waals surface area contributed by atoms with Crippen LogP contribution in [0.3, 0.4) is 0 Å². The van der Waals surface area contributed by atoms with Crippen LogP contribution in [0.1, 0.15) is 24.5 Å². The molecule has 0 aliphatic rings. The van der Waals surface area contributed by atoms with Crippen molar-refractivity contribution in [3.8, 4) is 0 Å². The first kappa shape index (κ1) is 17.2. The van der Waals surface area contributed by atoms with E-state index in [1.54, 1.807) is 12.0 Å². The molecular weight excluding hydrogens is 268 g/mol. The maximum absolute atomic E-state index is 12.0. The van der Waals surface area contributed by atoms with Gasteiger partial charge in [-0.05, 0) is 37.1 Å². The Morgan fingerprint density at radius 2 is 1.76 bits per heavy atom. The lowest BCUT2D eigenvalue weighted by Gasteiger charge is -2.20. The number of aryl methyl sites for hydroxylation is 2. The fraction of sp³-hybridized carbons (Fsp3) is 0.500. The molecule has 0 heterocycles. The second kappa shape index (κ2) is 8.42. The summed E-state index contributed by atoms with van der Waals surface area (Å²) in [5.41, 5.74) is 3.01. The Morgan fingerprint density at radius 1 is 1.14 bits per heavy atom. The Balaban J connectivity index is 2.50. The minimum Gasteiger partial charge on any atom is -0.383 e. The van der Waals surface area contributed by atoms with E-state index in [0.29, 0.717) is 19.7 Å². The van der Waals surface area contributed by atoms with Crippen LogP contribution in [0.15, 0.2) is 18.2 Å². The molecule has 0 fully saturated rings. The van der Waals surface area contributed by atoms with Gasteiger partial charge in [-0.1, -0.05) is 6.07 Å². The number of amides is 2. The number of rotatable bonds is 7. The summed E-state index contributed by atoms with van der Waals surface area (Å²) < 4.78 is 4.96. The summed E-state index contributed by atoms with van der Waals surface area (Å²) >= 11 is 0. The third kappa shape index (κ3) is 6.40. The lowest BCUT2D eigenvalue weighted by atomic mass is 10.1. The molecule has 0 aromatic heterocycles. The van der Waals surface area contributed by atoms with Crippen molar-refractivity contribution < 1.29 is 14.3 Å². The molecule has 0 aliphatic carbocycles. The van der Waals surface area contributed by atoms with Gasteiger partial charge in [0.2, 0.25) is 11.8 Å². The Kier molecular flexibility index (Phi) is 6.88. The zero-order chi connectivity index (χ0) is 15.8.